The van der Waals surface area contributed by atoms with Crippen LogP contribution in [0.5, 0.6) is 11.5 Å². The molecule has 0 spiro atoms. The molecule has 1 aliphatic heterocycles. The summed E-state index contributed by atoms with van der Waals surface area (Å²) in [5.41, 5.74) is 2.05. The zero-order valence-corrected chi connectivity index (χ0v) is 17.7. The first-order valence-electron chi connectivity index (χ1n) is 9.44. The maximum absolute atomic E-state index is 13.3. The van der Waals surface area contributed by atoms with Gasteiger partial charge in [-0.25, -0.2) is 8.42 Å². The SMILES string of the molecule is COc1ccc(N2CCN(S(=O)(=O)c3cc(C(C)C)ccc3OC)CC2)cc1. The average Bonchev–Trinajstić information content (AvgIpc) is 2.73. The van der Waals surface area contributed by atoms with Crippen molar-refractivity contribution in [3.05, 3.63) is 48.0 Å². The van der Waals surface area contributed by atoms with E-state index >= 15 is 0 Å². The molecule has 0 aliphatic carbocycles. The molecule has 0 aromatic heterocycles. The Hall–Kier alpha value is -2.25. The molecule has 7 heteroatoms. The molecule has 0 saturated carbocycles. The highest BCUT2D eigenvalue weighted by molar-refractivity contribution is 7.89. The van der Waals surface area contributed by atoms with Gasteiger partial charge in [-0.1, -0.05) is 19.9 Å². The van der Waals surface area contributed by atoms with Crippen molar-refractivity contribution in [1.29, 1.82) is 0 Å². The number of benzene rings is 2. The van der Waals surface area contributed by atoms with E-state index in [4.69, 9.17) is 9.47 Å². The van der Waals surface area contributed by atoms with Gasteiger partial charge in [0.15, 0.2) is 0 Å². The van der Waals surface area contributed by atoms with Gasteiger partial charge in [0.1, 0.15) is 16.4 Å². The first-order valence-corrected chi connectivity index (χ1v) is 10.9. The fourth-order valence-electron chi connectivity index (χ4n) is 3.37. The van der Waals surface area contributed by atoms with Gasteiger partial charge in [-0.2, -0.15) is 4.31 Å². The third kappa shape index (κ3) is 4.10. The van der Waals surface area contributed by atoms with E-state index in [1.54, 1.807) is 23.5 Å². The zero-order valence-electron chi connectivity index (χ0n) is 16.9. The summed E-state index contributed by atoms with van der Waals surface area (Å²) in [4.78, 5) is 2.44. The van der Waals surface area contributed by atoms with E-state index < -0.39 is 10.0 Å². The Kier molecular flexibility index (Phi) is 6.15. The van der Waals surface area contributed by atoms with Gasteiger partial charge >= 0.3 is 0 Å². The largest absolute Gasteiger partial charge is 0.497 e. The van der Waals surface area contributed by atoms with E-state index in [1.165, 1.54) is 7.11 Å². The average molecular weight is 405 g/mol. The molecule has 6 nitrogen and oxygen atoms in total. The molecule has 2 aromatic carbocycles. The quantitative estimate of drug-likeness (QED) is 0.739. The van der Waals surface area contributed by atoms with Crippen molar-refractivity contribution >= 4 is 15.7 Å². The van der Waals surface area contributed by atoms with E-state index in [1.807, 2.05) is 44.2 Å². The predicted octanol–water partition coefficient (Wildman–Crippen LogP) is 3.34. The molecular formula is C21H28N2O4S. The van der Waals surface area contributed by atoms with Gasteiger partial charge in [-0.3, -0.25) is 0 Å². The fourth-order valence-corrected chi connectivity index (χ4v) is 4.99. The lowest BCUT2D eigenvalue weighted by atomic mass is 10.0. The Morgan fingerprint density at radius 3 is 2.07 bits per heavy atom. The second kappa shape index (κ2) is 8.41. The highest BCUT2D eigenvalue weighted by Crippen LogP contribution is 2.31. The minimum absolute atomic E-state index is 0.242. The van der Waals surface area contributed by atoms with Crippen molar-refractivity contribution < 1.29 is 17.9 Å². The summed E-state index contributed by atoms with van der Waals surface area (Å²) < 4.78 is 38.6. The first kappa shape index (κ1) is 20.5. The van der Waals surface area contributed by atoms with Gasteiger partial charge in [0.05, 0.1) is 14.2 Å². The van der Waals surface area contributed by atoms with Crippen molar-refractivity contribution in [3.8, 4) is 11.5 Å². The van der Waals surface area contributed by atoms with E-state index in [0.717, 1.165) is 17.0 Å². The fraction of sp³-hybridized carbons (Fsp3) is 0.429. The van der Waals surface area contributed by atoms with E-state index in [0.29, 0.717) is 31.9 Å². The summed E-state index contributed by atoms with van der Waals surface area (Å²) in [7, 11) is -0.470. The molecule has 0 unspecified atom stereocenters. The van der Waals surface area contributed by atoms with Gasteiger partial charge < -0.3 is 14.4 Å². The molecule has 2 aromatic rings. The molecule has 1 saturated heterocycles. The number of anilines is 1. The Labute approximate surface area is 167 Å². The molecule has 0 radical (unpaired) electrons. The van der Waals surface area contributed by atoms with Crippen molar-refractivity contribution in [1.82, 2.24) is 4.31 Å². The van der Waals surface area contributed by atoms with Crippen LogP contribution >= 0.6 is 0 Å². The smallest absolute Gasteiger partial charge is 0.246 e. The van der Waals surface area contributed by atoms with Crippen LogP contribution in [0.2, 0.25) is 0 Å². The number of nitrogens with zero attached hydrogens (tertiary/aromatic N) is 2. The van der Waals surface area contributed by atoms with Crippen LogP contribution in [-0.2, 0) is 10.0 Å². The zero-order chi connectivity index (χ0) is 20.3. The number of methoxy groups -OCH3 is 2. The van der Waals surface area contributed by atoms with E-state index in [9.17, 15) is 8.42 Å². The Bertz CT molecular complexity index is 903. The molecule has 0 amide bonds. The number of hydrogen-bond acceptors (Lipinski definition) is 5. The lowest BCUT2D eigenvalue weighted by Gasteiger charge is -2.35. The highest BCUT2D eigenvalue weighted by Gasteiger charge is 2.31. The van der Waals surface area contributed by atoms with Gasteiger partial charge in [0, 0.05) is 31.9 Å². The van der Waals surface area contributed by atoms with Crippen LogP contribution in [0.4, 0.5) is 5.69 Å². The van der Waals surface area contributed by atoms with Crippen LogP contribution in [0, 0.1) is 0 Å². The number of hydrogen-bond donors (Lipinski definition) is 0. The number of piperazine rings is 1. The molecule has 1 fully saturated rings. The van der Waals surface area contributed by atoms with Crippen LogP contribution in [0.15, 0.2) is 47.4 Å². The van der Waals surface area contributed by atoms with Crippen LogP contribution in [0.25, 0.3) is 0 Å². The molecule has 28 heavy (non-hydrogen) atoms. The van der Waals surface area contributed by atoms with Crippen LogP contribution in [0.1, 0.15) is 25.3 Å². The number of ether oxygens (including phenoxy) is 2. The summed E-state index contributed by atoms with van der Waals surface area (Å²) >= 11 is 0. The number of rotatable bonds is 6. The third-order valence-electron chi connectivity index (χ3n) is 5.15. The minimum atomic E-state index is -3.62. The Balaban J connectivity index is 1.78. The van der Waals surface area contributed by atoms with Crippen LogP contribution in [-0.4, -0.2) is 53.1 Å². The highest BCUT2D eigenvalue weighted by atomic mass is 32.2. The summed E-state index contributed by atoms with van der Waals surface area (Å²) in [5.74, 6) is 1.44. The van der Waals surface area contributed by atoms with Crippen molar-refractivity contribution in [2.75, 3.05) is 45.3 Å². The maximum Gasteiger partial charge on any atom is 0.246 e. The second-order valence-electron chi connectivity index (χ2n) is 7.15. The molecule has 152 valence electrons. The minimum Gasteiger partial charge on any atom is -0.497 e. The summed E-state index contributed by atoms with van der Waals surface area (Å²) in [5, 5.41) is 0. The lowest BCUT2D eigenvalue weighted by Crippen LogP contribution is -2.48. The molecule has 0 atom stereocenters. The van der Waals surface area contributed by atoms with Crippen molar-refractivity contribution in [2.24, 2.45) is 0 Å². The number of sulfonamides is 1. The predicted molar refractivity (Wildman–Crippen MR) is 111 cm³/mol. The van der Waals surface area contributed by atoms with Crippen LogP contribution < -0.4 is 14.4 Å². The second-order valence-corrected chi connectivity index (χ2v) is 9.06. The molecular weight excluding hydrogens is 376 g/mol. The molecule has 1 aliphatic rings. The molecule has 0 N–H and O–H groups in total. The van der Waals surface area contributed by atoms with Gasteiger partial charge in [-0.15, -0.1) is 0 Å². The first-order chi connectivity index (χ1) is 13.4. The lowest BCUT2D eigenvalue weighted by molar-refractivity contribution is 0.374. The summed E-state index contributed by atoms with van der Waals surface area (Å²) in [6.45, 7) is 6.24. The van der Waals surface area contributed by atoms with Gasteiger partial charge in [0.25, 0.3) is 0 Å². The maximum atomic E-state index is 13.3. The third-order valence-corrected chi connectivity index (χ3v) is 7.07. The summed E-state index contributed by atoms with van der Waals surface area (Å²) in [6.07, 6.45) is 0. The van der Waals surface area contributed by atoms with Gasteiger partial charge in [0.2, 0.25) is 10.0 Å². The normalized spacial score (nSPS) is 15.7. The molecule has 0 bridgehead atoms. The monoisotopic (exact) mass is 404 g/mol. The van der Waals surface area contributed by atoms with E-state index in [-0.39, 0.29) is 10.8 Å². The van der Waals surface area contributed by atoms with Gasteiger partial charge in [-0.05, 0) is 47.9 Å². The Morgan fingerprint density at radius 1 is 0.893 bits per heavy atom. The molecule has 1 heterocycles. The topological polar surface area (TPSA) is 59.1 Å². The van der Waals surface area contributed by atoms with Crippen molar-refractivity contribution in [3.63, 3.8) is 0 Å². The van der Waals surface area contributed by atoms with E-state index in [2.05, 4.69) is 4.90 Å². The molecule has 3 rings (SSSR count). The Morgan fingerprint density at radius 2 is 1.54 bits per heavy atom. The summed E-state index contributed by atoms with van der Waals surface area (Å²) in [6, 6.07) is 13.2. The standard InChI is InChI=1S/C21H28N2O4S/c1-16(2)17-5-10-20(27-4)21(15-17)28(24,25)23-13-11-22(12-14-23)18-6-8-19(26-3)9-7-18/h5-10,15-16H,11-14H2,1-4H3. The van der Waals surface area contributed by atoms with Crippen LogP contribution in [0.3, 0.4) is 0 Å². The van der Waals surface area contributed by atoms with Crippen molar-refractivity contribution in [2.45, 2.75) is 24.7 Å².